The van der Waals surface area contributed by atoms with Gasteiger partial charge >= 0.3 is 42.2 Å². The molecule has 0 aliphatic heterocycles. The molecule has 0 bridgehead atoms. The summed E-state index contributed by atoms with van der Waals surface area (Å²) in [5.41, 5.74) is 8.95. The Morgan fingerprint density at radius 1 is 0.442 bits per heavy atom. The van der Waals surface area contributed by atoms with E-state index in [4.69, 9.17) is 50.5 Å². The van der Waals surface area contributed by atoms with Crippen LogP contribution in [0.1, 0.15) is 184 Å². The number of nitrogens with two attached hydrogens (primary N) is 2. The number of aliphatic carboxylic acids is 2. The molecule has 0 unspecified atom stereocenters. The van der Waals surface area contributed by atoms with Crippen LogP contribution in [0.5, 0.6) is 0 Å². The Morgan fingerprint density at radius 3 is 0.987 bits per heavy atom. The van der Waals surface area contributed by atoms with E-state index in [1.54, 1.807) is 104 Å². The van der Waals surface area contributed by atoms with Crippen molar-refractivity contribution in [2.45, 2.75) is 255 Å². The highest BCUT2D eigenvalue weighted by Gasteiger charge is 2.32. The average molecular weight is 1160 g/mol. The normalized spacial score (nSPS) is 14.3. The SMILES string of the molecule is CC(C)C(=O)O.CCCC(=O)[C@@H](N)[C@@H](C)OC(=O)[C@H](C)N.CCCC(=O)[C@@H](NC(=O)OC(C)(C)C)[C@@H](C)O.CCCC(=O)[C@@H](NC(=O)OC(C)(C)C)[C@@H](C)OC(=O)C(C)C.C[C@@H](O)[C@H](NC(=O)OC(C)(C)C)C(=O)O.Cl.Cl. The molecule has 0 fully saturated rings. The van der Waals surface area contributed by atoms with Gasteiger partial charge < -0.3 is 71.5 Å². The van der Waals surface area contributed by atoms with Crippen molar-refractivity contribution < 1.29 is 92.1 Å². The molecule has 0 aliphatic carbocycles. The van der Waals surface area contributed by atoms with Crippen molar-refractivity contribution in [3.05, 3.63) is 0 Å². The number of halogens is 2. The Hall–Kier alpha value is -4.88. The molecule has 0 rings (SSSR count). The van der Waals surface area contributed by atoms with Gasteiger partial charge in [-0.05, 0) is 116 Å². The van der Waals surface area contributed by atoms with E-state index in [2.05, 4.69) is 16.0 Å². The standard InChI is InChI=1S/C16H29NO5.C12H23NO4.C10H20N2O3.C9H17NO5.C4H8O2.2ClH/c1-8-9-12(18)13(11(4)21-14(19)10(2)3)17-15(20)22-16(5,6)7;1-6-7-9(15)10(8(2)14)13-11(16)17-12(3,4)5;1-4-5-8(13)9(12)7(3)15-10(14)6(2)11;1-5(11)6(7(12)13)10-8(14)15-9(2,3)4;1-3(2)4(5)6;;/h10-11,13H,8-9H2,1-7H3,(H,17,20);8,10,14H,6-7H2,1-5H3,(H,13,16);6-7,9H,4-5,11-12H2,1-3H3;5-6,11H,1-4H3,(H,10,14)(H,12,13);3H,1-2H3,(H,5,6);2*1H/t11-,13+;8-,10+;6-,7+,9-;5-,6+;;;/m1101.../s1. The highest BCUT2D eigenvalue weighted by molar-refractivity contribution is 5.89. The van der Waals surface area contributed by atoms with Gasteiger partial charge in [0, 0.05) is 19.3 Å². The van der Waals surface area contributed by atoms with E-state index in [1.165, 1.54) is 20.8 Å². The number of aliphatic hydroxyl groups is 2. The van der Waals surface area contributed by atoms with Gasteiger partial charge in [0.1, 0.15) is 53.2 Å². The first-order valence-electron chi connectivity index (χ1n) is 25.1. The predicted octanol–water partition coefficient (Wildman–Crippen LogP) is 6.34. The van der Waals surface area contributed by atoms with Gasteiger partial charge in [0.2, 0.25) is 0 Å². The zero-order chi connectivity index (χ0) is 60.5. The van der Waals surface area contributed by atoms with Crippen LogP contribution >= 0.6 is 24.8 Å². The maximum Gasteiger partial charge on any atom is 0.408 e. The fourth-order valence-corrected chi connectivity index (χ4v) is 4.85. The molecule has 0 spiro atoms. The van der Waals surface area contributed by atoms with Crippen LogP contribution in [-0.2, 0) is 57.2 Å². The third-order valence-corrected chi connectivity index (χ3v) is 8.72. The van der Waals surface area contributed by atoms with Crippen LogP contribution in [0.15, 0.2) is 0 Å². The molecule has 11 N–H and O–H groups in total. The van der Waals surface area contributed by atoms with E-state index in [0.29, 0.717) is 32.1 Å². The van der Waals surface area contributed by atoms with Gasteiger partial charge in [-0.3, -0.25) is 28.8 Å². The van der Waals surface area contributed by atoms with Crippen molar-refractivity contribution >= 4 is 84.3 Å². The topological polar surface area (TPSA) is 386 Å². The molecule has 77 heavy (non-hydrogen) atoms. The zero-order valence-electron chi connectivity index (χ0n) is 49.5. The summed E-state index contributed by atoms with van der Waals surface area (Å²) in [4.78, 5) is 113. The summed E-state index contributed by atoms with van der Waals surface area (Å²) in [7, 11) is 0. The number of carbonyl (C=O) groups is 10. The number of amides is 3. The second-order valence-corrected chi connectivity index (χ2v) is 21.1. The first kappa shape index (κ1) is 86.0. The number of Topliss-reactive ketones (excluding diaryl/α,β-unsaturated/α-hetero) is 3. The van der Waals surface area contributed by atoms with Crippen LogP contribution in [0.2, 0.25) is 0 Å². The molecule has 0 saturated carbocycles. The predicted molar refractivity (Wildman–Crippen MR) is 295 cm³/mol. The van der Waals surface area contributed by atoms with Crippen LogP contribution in [0.4, 0.5) is 14.4 Å². The summed E-state index contributed by atoms with van der Waals surface area (Å²) >= 11 is 0. The number of carbonyl (C=O) groups excluding carboxylic acids is 8. The van der Waals surface area contributed by atoms with Gasteiger partial charge in [-0.15, -0.1) is 24.8 Å². The minimum absolute atomic E-state index is 0. The number of alkyl carbamates (subject to hydrolysis) is 3. The molecular formula is C51H99Cl2N5O19. The maximum absolute atomic E-state index is 12.2. The largest absolute Gasteiger partial charge is 0.481 e. The van der Waals surface area contributed by atoms with Crippen molar-refractivity contribution in [3.8, 4) is 0 Å². The third-order valence-electron chi connectivity index (χ3n) is 8.72. The summed E-state index contributed by atoms with van der Waals surface area (Å²) in [6.07, 6.45) is -2.65. The second kappa shape index (κ2) is 43.1. The van der Waals surface area contributed by atoms with Crippen LogP contribution < -0.4 is 27.4 Å². The smallest absolute Gasteiger partial charge is 0.408 e. The summed E-state index contributed by atoms with van der Waals surface area (Å²) in [5, 5.41) is 42.2. The van der Waals surface area contributed by atoms with Gasteiger partial charge in [-0.25, -0.2) is 19.2 Å². The molecule has 0 aromatic carbocycles. The van der Waals surface area contributed by atoms with E-state index in [9.17, 15) is 53.1 Å². The Labute approximate surface area is 469 Å². The van der Waals surface area contributed by atoms with E-state index < -0.39 is 114 Å². The monoisotopic (exact) mass is 1160 g/mol. The molecule has 456 valence electrons. The Balaban J connectivity index is -0.000000164. The number of nitrogens with one attached hydrogen (secondary N) is 3. The lowest BCUT2D eigenvalue weighted by molar-refractivity contribution is -0.155. The minimum atomic E-state index is -1.36. The lowest BCUT2D eigenvalue weighted by Gasteiger charge is -2.27. The minimum Gasteiger partial charge on any atom is -0.481 e. The van der Waals surface area contributed by atoms with Gasteiger partial charge in [-0.2, -0.15) is 0 Å². The highest BCUT2D eigenvalue weighted by Crippen LogP contribution is 2.13. The van der Waals surface area contributed by atoms with Gasteiger partial charge in [0.15, 0.2) is 23.4 Å². The molecule has 24 nitrogen and oxygen atoms in total. The van der Waals surface area contributed by atoms with E-state index in [1.807, 2.05) is 20.8 Å². The van der Waals surface area contributed by atoms with Gasteiger partial charge in [0.25, 0.3) is 0 Å². The molecule has 3 amide bonds. The van der Waals surface area contributed by atoms with Crippen LogP contribution in [0.25, 0.3) is 0 Å². The molecular weight excluding hydrogens is 1060 g/mol. The fourth-order valence-electron chi connectivity index (χ4n) is 4.85. The van der Waals surface area contributed by atoms with E-state index >= 15 is 0 Å². The van der Waals surface area contributed by atoms with Gasteiger partial charge in [-0.1, -0.05) is 48.5 Å². The zero-order valence-corrected chi connectivity index (χ0v) is 51.1. The van der Waals surface area contributed by atoms with Crippen LogP contribution in [0, 0.1) is 11.8 Å². The van der Waals surface area contributed by atoms with Crippen molar-refractivity contribution in [1.29, 1.82) is 0 Å². The molecule has 0 aromatic heterocycles. The molecule has 9 atom stereocenters. The Kier molecular flexibility index (Phi) is 48.1. The van der Waals surface area contributed by atoms with Crippen LogP contribution in [-0.4, -0.2) is 151 Å². The molecule has 0 radical (unpaired) electrons. The molecule has 0 aromatic rings. The lowest BCUT2D eigenvalue weighted by atomic mass is 10.0. The van der Waals surface area contributed by atoms with Gasteiger partial charge in [0.05, 0.1) is 24.0 Å². The van der Waals surface area contributed by atoms with Crippen molar-refractivity contribution in [3.63, 3.8) is 0 Å². The number of carboxylic acids is 2. The fraction of sp³-hybridized carbons (Fsp3) is 0.804. The van der Waals surface area contributed by atoms with E-state index in [-0.39, 0.29) is 54.0 Å². The highest BCUT2D eigenvalue weighted by atomic mass is 35.5. The number of ketones is 3. The van der Waals surface area contributed by atoms with E-state index in [0.717, 1.165) is 6.42 Å². The summed E-state index contributed by atoms with van der Waals surface area (Å²) < 4.78 is 25.2. The number of hydrogen-bond donors (Lipinski definition) is 9. The first-order chi connectivity index (χ1) is 33.8. The lowest BCUT2D eigenvalue weighted by Crippen LogP contribution is -2.50. The number of hydrogen-bond acceptors (Lipinski definition) is 19. The molecule has 26 heteroatoms. The van der Waals surface area contributed by atoms with Crippen molar-refractivity contribution in [1.82, 2.24) is 16.0 Å². The Bertz CT molecular complexity index is 1760. The summed E-state index contributed by atoms with van der Waals surface area (Å²) in [6.45, 7) is 35.2. The second-order valence-electron chi connectivity index (χ2n) is 21.1. The van der Waals surface area contributed by atoms with Crippen molar-refractivity contribution in [2.75, 3.05) is 0 Å². The molecule has 0 heterocycles. The third kappa shape index (κ3) is 49.2. The summed E-state index contributed by atoms with van der Waals surface area (Å²) in [6, 6.07) is -4.62. The average Bonchev–Trinajstić information content (AvgIpc) is 3.22. The number of carboxylic acid groups (broad SMARTS) is 2. The number of rotatable bonds is 22. The number of ether oxygens (including phenoxy) is 5. The quantitative estimate of drug-likeness (QED) is 0.0421. The Morgan fingerprint density at radius 2 is 0.727 bits per heavy atom. The van der Waals surface area contributed by atoms with Crippen molar-refractivity contribution in [2.24, 2.45) is 23.3 Å². The molecule has 0 aliphatic rings. The first-order valence-corrected chi connectivity index (χ1v) is 25.1. The maximum atomic E-state index is 12.2. The van der Waals surface area contributed by atoms with Crippen LogP contribution in [0.3, 0.4) is 0 Å². The number of aliphatic hydroxyl groups excluding tert-OH is 2. The molecule has 0 saturated heterocycles. The number of esters is 2. The summed E-state index contributed by atoms with van der Waals surface area (Å²) in [5.74, 6) is -4.00.